The number of nitrogens with zero attached hydrogens (tertiary/aromatic N) is 1. The Hall–Kier alpha value is -2.15. The molecule has 0 spiro atoms. The summed E-state index contributed by atoms with van der Waals surface area (Å²) in [6.45, 7) is 17.0. The van der Waals surface area contributed by atoms with E-state index in [0.29, 0.717) is 18.3 Å². The number of aliphatic hydroxyl groups excluding tert-OH is 1. The van der Waals surface area contributed by atoms with Gasteiger partial charge in [0.15, 0.2) is 0 Å². The molecule has 4 saturated carbocycles. The van der Waals surface area contributed by atoms with Crippen molar-refractivity contribution in [3.63, 3.8) is 0 Å². The van der Waals surface area contributed by atoms with Crippen LogP contribution in [0.15, 0.2) is 24.2 Å². The fourth-order valence-electron chi connectivity index (χ4n) is 11.9. The van der Waals surface area contributed by atoms with Gasteiger partial charge >= 0.3 is 5.97 Å². The molecule has 1 aromatic rings. The minimum absolute atomic E-state index is 0.0156. The number of aromatic nitrogens is 2. The van der Waals surface area contributed by atoms with Crippen LogP contribution in [0.4, 0.5) is 0 Å². The molecule has 0 aliphatic heterocycles. The first kappa shape index (κ1) is 31.8. The van der Waals surface area contributed by atoms with Crippen molar-refractivity contribution in [3.8, 4) is 0 Å². The number of amides is 1. The van der Waals surface area contributed by atoms with Gasteiger partial charge in [0.1, 0.15) is 6.04 Å². The van der Waals surface area contributed by atoms with Gasteiger partial charge < -0.3 is 20.1 Å². The van der Waals surface area contributed by atoms with Gasteiger partial charge in [0.2, 0.25) is 5.91 Å². The molecule has 0 radical (unpaired) electrons. The second-order valence-corrected chi connectivity index (χ2v) is 17.6. The zero-order valence-electron chi connectivity index (χ0n) is 28.5. The van der Waals surface area contributed by atoms with E-state index in [4.69, 9.17) is 4.74 Å². The van der Waals surface area contributed by atoms with E-state index in [9.17, 15) is 14.7 Å². The number of ether oxygens (including phenoxy) is 1. The number of methoxy groups -OCH3 is 1. The molecule has 5 aliphatic carbocycles. The number of aliphatic hydroxyl groups is 1. The minimum atomic E-state index is -0.756. The van der Waals surface area contributed by atoms with E-state index in [0.717, 1.165) is 63.5 Å². The van der Waals surface area contributed by atoms with Crippen LogP contribution in [0.1, 0.15) is 118 Å². The maximum absolute atomic E-state index is 14.6. The van der Waals surface area contributed by atoms with Crippen LogP contribution in [0, 0.1) is 50.2 Å². The highest BCUT2D eigenvalue weighted by atomic mass is 16.5. The summed E-state index contributed by atoms with van der Waals surface area (Å²) in [5, 5.41) is 14.3. The molecule has 0 saturated heterocycles. The highest BCUT2D eigenvalue weighted by molar-refractivity contribution is 5.89. The van der Waals surface area contributed by atoms with Crippen molar-refractivity contribution < 1.29 is 19.4 Å². The summed E-state index contributed by atoms with van der Waals surface area (Å²) in [5.41, 5.74) is 2.22. The minimum Gasteiger partial charge on any atom is -0.467 e. The Bertz CT molecular complexity index is 1320. The summed E-state index contributed by atoms with van der Waals surface area (Å²) in [6.07, 6.45) is 16.0. The molecule has 7 nitrogen and oxygen atoms in total. The number of hydrogen-bond donors (Lipinski definition) is 3. The van der Waals surface area contributed by atoms with E-state index < -0.39 is 17.4 Å². The molecule has 7 heteroatoms. The Morgan fingerprint density at radius 3 is 2.43 bits per heavy atom. The van der Waals surface area contributed by atoms with Gasteiger partial charge in [0.05, 0.1) is 25.0 Å². The molecule has 1 amide bonds. The number of carbonyl (C=O) groups excluding carboxylic acids is 2. The lowest BCUT2D eigenvalue weighted by molar-refractivity contribution is -0.203. The highest BCUT2D eigenvalue weighted by Gasteiger charge is 2.69. The largest absolute Gasteiger partial charge is 0.467 e. The summed E-state index contributed by atoms with van der Waals surface area (Å²) < 4.78 is 5.15. The number of imidazole rings is 1. The van der Waals surface area contributed by atoms with Crippen molar-refractivity contribution in [1.29, 1.82) is 0 Å². The van der Waals surface area contributed by atoms with Crippen molar-refractivity contribution in [2.45, 2.75) is 131 Å². The lowest BCUT2D eigenvalue weighted by atomic mass is 9.33. The van der Waals surface area contributed by atoms with Crippen molar-refractivity contribution in [2.24, 2.45) is 50.2 Å². The van der Waals surface area contributed by atoms with Crippen LogP contribution in [-0.4, -0.2) is 46.2 Å². The standard InChI is InChI=1S/C37H57N3O4/c1-32(2)15-17-37(31(43)40-26(30(42)44-8)19-23-21-38-22-39-23)18-16-35(6)24(25(37)20-32)9-10-28-34(5)13-12-29(41)33(3,4)27(34)11-14-36(28,35)7/h9,21-22,25-29,41H,10-20H2,1-8H3,(H,38,39)(H,40,43)/t25-,26-,27-,28+,29-,34-,35+,36+,37-/m0/s1. The highest BCUT2D eigenvalue weighted by Crippen LogP contribution is 2.75. The molecule has 0 unspecified atom stereocenters. The molecule has 0 aromatic carbocycles. The molecular formula is C37H57N3O4. The number of esters is 1. The third-order valence-corrected chi connectivity index (χ3v) is 14.8. The van der Waals surface area contributed by atoms with Gasteiger partial charge in [0.25, 0.3) is 0 Å². The molecule has 0 bridgehead atoms. The monoisotopic (exact) mass is 607 g/mol. The van der Waals surface area contributed by atoms with Crippen LogP contribution in [0.25, 0.3) is 0 Å². The lowest BCUT2D eigenvalue weighted by Crippen LogP contribution is -2.65. The van der Waals surface area contributed by atoms with Gasteiger partial charge in [-0.05, 0) is 109 Å². The fraction of sp³-hybridized carbons (Fsp3) is 0.811. The number of carbonyl (C=O) groups is 2. The van der Waals surface area contributed by atoms with E-state index in [1.165, 1.54) is 19.1 Å². The summed E-state index contributed by atoms with van der Waals surface area (Å²) >= 11 is 0. The van der Waals surface area contributed by atoms with Crippen LogP contribution >= 0.6 is 0 Å². The summed E-state index contributed by atoms with van der Waals surface area (Å²) in [7, 11) is 1.39. The Morgan fingerprint density at radius 2 is 1.75 bits per heavy atom. The SMILES string of the molecule is COC(=O)[C@H](Cc1cnc[nH]1)NC(=O)[C@]12CCC(C)(C)C[C@H]1C1=CC[C@@H]3[C@@]4(C)CC[C@H](O)C(C)(C)[C@@H]4CC[C@@]3(C)[C@]1(C)CC2. The van der Waals surface area contributed by atoms with Crippen molar-refractivity contribution in [2.75, 3.05) is 7.11 Å². The summed E-state index contributed by atoms with van der Waals surface area (Å²) in [6, 6.07) is -0.756. The summed E-state index contributed by atoms with van der Waals surface area (Å²) in [4.78, 5) is 34.7. The summed E-state index contributed by atoms with van der Waals surface area (Å²) in [5.74, 6) is 0.827. The molecule has 44 heavy (non-hydrogen) atoms. The van der Waals surface area contributed by atoms with Gasteiger partial charge in [0, 0.05) is 18.3 Å². The van der Waals surface area contributed by atoms with Crippen LogP contribution < -0.4 is 5.32 Å². The third-order valence-electron chi connectivity index (χ3n) is 14.8. The Kier molecular flexibility index (Phi) is 7.54. The quantitative estimate of drug-likeness (QED) is 0.253. The number of fused-ring (bicyclic) bond motifs is 7. The number of aromatic amines is 1. The zero-order valence-corrected chi connectivity index (χ0v) is 28.5. The first-order valence-corrected chi connectivity index (χ1v) is 17.3. The fourth-order valence-corrected chi connectivity index (χ4v) is 11.9. The average Bonchev–Trinajstić information content (AvgIpc) is 3.47. The van der Waals surface area contributed by atoms with Gasteiger partial charge in [-0.15, -0.1) is 0 Å². The average molecular weight is 608 g/mol. The Balaban J connectivity index is 1.36. The van der Waals surface area contributed by atoms with Crippen molar-refractivity contribution >= 4 is 11.9 Å². The Morgan fingerprint density at radius 1 is 1.02 bits per heavy atom. The first-order valence-electron chi connectivity index (χ1n) is 17.3. The number of rotatable bonds is 5. The zero-order chi connectivity index (χ0) is 31.9. The number of H-pyrrole nitrogens is 1. The first-order chi connectivity index (χ1) is 20.5. The normalized spacial score (nSPS) is 42.8. The van der Waals surface area contributed by atoms with E-state index in [1.807, 2.05) is 0 Å². The van der Waals surface area contributed by atoms with E-state index >= 15 is 0 Å². The molecule has 244 valence electrons. The van der Waals surface area contributed by atoms with Gasteiger partial charge in [-0.2, -0.15) is 0 Å². The van der Waals surface area contributed by atoms with E-state index in [1.54, 1.807) is 12.5 Å². The smallest absolute Gasteiger partial charge is 0.328 e. The van der Waals surface area contributed by atoms with Crippen LogP contribution in [-0.2, 0) is 20.7 Å². The molecule has 6 rings (SSSR count). The molecule has 5 aliphatic rings. The number of nitrogens with one attached hydrogen (secondary N) is 2. The molecule has 1 heterocycles. The maximum Gasteiger partial charge on any atom is 0.328 e. The predicted molar refractivity (Wildman–Crippen MR) is 171 cm³/mol. The maximum atomic E-state index is 14.6. The third kappa shape index (κ3) is 4.48. The second-order valence-electron chi connectivity index (χ2n) is 17.6. The molecular weight excluding hydrogens is 550 g/mol. The number of hydrogen-bond acceptors (Lipinski definition) is 5. The van der Waals surface area contributed by atoms with Crippen molar-refractivity contribution in [3.05, 3.63) is 29.9 Å². The predicted octanol–water partition coefficient (Wildman–Crippen LogP) is 6.77. The Labute approximate surface area is 264 Å². The molecule has 4 fully saturated rings. The second kappa shape index (κ2) is 10.4. The van der Waals surface area contributed by atoms with Gasteiger partial charge in [-0.3, -0.25) is 4.79 Å². The molecule has 9 atom stereocenters. The van der Waals surface area contributed by atoms with Crippen molar-refractivity contribution in [1.82, 2.24) is 15.3 Å². The lowest BCUT2D eigenvalue weighted by Gasteiger charge is -2.71. The molecule has 1 aromatic heterocycles. The topological polar surface area (TPSA) is 104 Å². The van der Waals surface area contributed by atoms with Crippen LogP contribution in [0.2, 0.25) is 0 Å². The van der Waals surface area contributed by atoms with Crippen LogP contribution in [0.3, 0.4) is 0 Å². The molecule has 3 N–H and O–H groups in total. The number of allylic oxidation sites excluding steroid dienone is 2. The van der Waals surface area contributed by atoms with Crippen LogP contribution in [0.5, 0.6) is 0 Å². The van der Waals surface area contributed by atoms with E-state index in [-0.39, 0.29) is 45.0 Å². The van der Waals surface area contributed by atoms with Gasteiger partial charge in [-0.25, -0.2) is 9.78 Å². The van der Waals surface area contributed by atoms with Gasteiger partial charge in [-0.1, -0.05) is 60.1 Å². The van der Waals surface area contributed by atoms with E-state index in [2.05, 4.69) is 69.8 Å².